The van der Waals surface area contributed by atoms with Crippen LogP contribution >= 0.6 is 11.3 Å². The summed E-state index contributed by atoms with van der Waals surface area (Å²) in [5, 5.41) is 4.58. The molecular weight excluding hydrogens is 200 g/mol. The molecule has 1 heterocycles. The molecule has 5 heteroatoms. The van der Waals surface area contributed by atoms with Crippen LogP contribution in [0.15, 0.2) is 17.5 Å². The summed E-state index contributed by atoms with van der Waals surface area (Å²) in [6, 6.07) is 3.45. The van der Waals surface area contributed by atoms with Gasteiger partial charge in [0.2, 0.25) is 11.8 Å². The fourth-order valence-electron chi connectivity index (χ4n) is 1.16. The number of hydrogen-bond acceptors (Lipinski definition) is 3. The molecule has 0 aliphatic heterocycles. The Morgan fingerprint density at radius 3 is 2.79 bits per heavy atom. The third kappa shape index (κ3) is 3.18. The standard InChI is InChI=1S/C9H12N2O2S/c1-6(12)11-7(5-9(10)13)8-3-2-4-14-8/h2-4,7H,5H2,1H3,(H2,10,13)(H,11,12). The molecule has 0 spiro atoms. The highest BCUT2D eigenvalue weighted by Gasteiger charge is 2.15. The predicted molar refractivity (Wildman–Crippen MR) is 54.7 cm³/mol. The molecule has 3 N–H and O–H groups in total. The van der Waals surface area contributed by atoms with Crippen molar-refractivity contribution < 1.29 is 9.59 Å². The normalized spacial score (nSPS) is 12.1. The predicted octanol–water partition coefficient (Wildman–Crippen LogP) is 0.801. The van der Waals surface area contributed by atoms with Gasteiger partial charge in [0.05, 0.1) is 12.5 Å². The lowest BCUT2D eigenvalue weighted by atomic mass is 10.1. The minimum Gasteiger partial charge on any atom is -0.370 e. The molecule has 0 bridgehead atoms. The number of nitrogens with one attached hydrogen (secondary N) is 1. The third-order valence-corrected chi connectivity index (χ3v) is 2.66. The first-order valence-electron chi connectivity index (χ1n) is 4.18. The summed E-state index contributed by atoms with van der Waals surface area (Å²) < 4.78 is 0. The van der Waals surface area contributed by atoms with E-state index in [0.29, 0.717) is 0 Å². The first-order valence-corrected chi connectivity index (χ1v) is 5.06. The van der Waals surface area contributed by atoms with Gasteiger partial charge in [-0.15, -0.1) is 11.3 Å². The van der Waals surface area contributed by atoms with Crippen molar-refractivity contribution in [3.63, 3.8) is 0 Å². The third-order valence-electron chi connectivity index (χ3n) is 1.67. The molecule has 4 nitrogen and oxygen atoms in total. The van der Waals surface area contributed by atoms with E-state index < -0.39 is 5.91 Å². The molecule has 0 fully saturated rings. The van der Waals surface area contributed by atoms with Crippen LogP contribution < -0.4 is 11.1 Å². The SMILES string of the molecule is CC(=O)NC(CC(N)=O)c1cccs1. The molecule has 0 aliphatic rings. The monoisotopic (exact) mass is 212 g/mol. The van der Waals surface area contributed by atoms with E-state index in [1.807, 2.05) is 17.5 Å². The Hall–Kier alpha value is -1.36. The molecule has 1 aromatic rings. The molecule has 1 aromatic heterocycles. The van der Waals surface area contributed by atoms with E-state index in [1.165, 1.54) is 18.3 Å². The van der Waals surface area contributed by atoms with Crippen LogP contribution in [0.25, 0.3) is 0 Å². The van der Waals surface area contributed by atoms with Gasteiger partial charge in [-0.1, -0.05) is 6.07 Å². The van der Waals surface area contributed by atoms with E-state index in [-0.39, 0.29) is 18.4 Å². The van der Waals surface area contributed by atoms with E-state index in [9.17, 15) is 9.59 Å². The lowest BCUT2D eigenvalue weighted by Gasteiger charge is -2.13. The van der Waals surface area contributed by atoms with Crippen LogP contribution in [0.1, 0.15) is 24.3 Å². The number of carbonyl (C=O) groups excluding carboxylic acids is 2. The molecule has 14 heavy (non-hydrogen) atoms. The number of primary amides is 1. The minimum absolute atomic E-state index is 0.139. The average molecular weight is 212 g/mol. The Kier molecular flexibility index (Phi) is 3.64. The summed E-state index contributed by atoms with van der Waals surface area (Å²) in [4.78, 5) is 22.6. The van der Waals surface area contributed by atoms with Crippen molar-refractivity contribution in [1.29, 1.82) is 0 Å². The van der Waals surface area contributed by atoms with Crippen molar-refractivity contribution in [2.45, 2.75) is 19.4 Å². The van der Waals surface area contributed by atoms with Crippen LogP contribution in [0.4, 0.5) is 0 Å². The zero-order valence-corrected chi connectivity index (χ0v) is 8.64. The second-order valence-corrected chi connectivity index (χ2v) is 3.92. The Bertz CT molecular complexity index is 306. The van der Waals surface area contributed by atoms with Gasteiger partial charge in [0.15, 0.2) is 0 Å². The van der Waals surface area contributed by atoms with Gasteiger partial charge in [0.25, 0.3) is 0 Å². The number of nitrogens with two attached hydrogens (primary N) is 1. The van der Waals surface area contributed by atoms with Crippen LogP contribution in [0.3, 0.4) is 0 Å². The Balaban J connectivity index is 2.71. The first kappa shape index (κ1) is 10.7. The molecule has 2 amide bonds. The summed E-state index contributed by atoms with van der Waals surface area (Å²) in [6.45, 7) is 1.42. The van der Waals surface area contributed by atoms with E-state index in [4.69, 9.17) is 5.73 Å². The van der Waals surface area contributed by atoms with E-state index >= 15 is 0 Å². The van der Waals surface area contributed by atoms with Crippen LogP contribution in [0, 0.1) is 0 Å². The Labute approximate surface area is 86.1 Å². The van der Waals surface area contributed by atoms with Gasteiger partial charge in [0.1, 0.15) is 0 Å². The smallest absolute Gasteiger partial charge is 0.219 e. The van der Waals surface area contributed by atoms with E-state index in [0.717, 1.165) is 4.88 Å². The number of amides is 2. The Morgan fingerprint density at radius 1 is 1.64 bits per heavy atom. The highest BCUT2D eigenvalue weighted by molar-refractivity contribution is 7.10. The van der Waals surface area contributed by atoms with E-state index in [1.54, 1.807) is 0 Å². The molecule has 1 atom stereocenters. The topological polar surface area (TPSA) is 72.2 Å². The Morgan fingerprint density at radius 2 is 2.36 bits per heavy atom. The van der Waals surface area contributed by atoms with Gasteiger partial charge in [-0.3, -0.25) is 9.59 Å². The van der Waals surface area contributed by atoms with Crippen molar-refractivity contribution in [2.75, 3.05) is 0 Å². The average Bonchev–Trinajstić information content (AvgIpc) is 2.52. The highest BCUT2D eigenvalue weighted by atomic mass is 32.1. The van der Waals surface area contributed by atoms with Gasteiger partial charge in [0, 0.05) is 11.8 Å². The molecule has 76 valence electrons. The fourth-order valence-corrected chi connectivity index (χ4v) is 1.94. The summed E-state index contributed by atoms with van der Waals surface area (Å²) in [6.07, 6.45) is 0.139. The molecule has 1 unspecified atom stereocenters. The molecular formula is C9H12N2O2S. The van der Waals surface area contributed by atoms with Crippen molar-refractivity contribution >= 4 is 23.2 Å². The van der Waals surface area contributed by atoms with Gasteiger partial charge in [-0.2, -0.15) is 0 Å². The zero-order chi connectivity index (χ0) is 10.6. The molecule has 0 aromatic carbocycles. The first-order chi connectivity index (χ1) is 6.59. The number of thiophene rings is 1. The molecule has 0 radical (unpaired) electrons. The zero-order valence-electron chi connectivity index (χ0n) is 7.82. The maximum Gasteiger partial charge on any atom is 0.219 e. The largest absolute Gasteiger partial charge is 0.370 e. The molecule has 1 rings (SSSR count). The minimum atomic E-state index is -0.419. The van der Waals surface area contributed by atoms with Crippen LogP contribution in [0.5, 0.6) is 0 Å². The lowest BCUT2D eigenvalue weighted by Crippen LogP contribution is -2.29. The van der Waals surface area contributed by atoms with Gasteiger partial charge < -0.3 is 11.1 Å². The molecule has 0 aliphatic carbocycles. The number of rotatable bonds is 4. The maximum atomic E-state index is 10.9. The summed E-state index contributed by atoms with van der Waals surface area (Å²) >= 11 is 1.49. The second-order valence-electron chi connectivity index (χ2n) is 2.94. The second kappa shape index (κ2) is 4.76. The van der Waals surface area contributed by atoms with Crippen LogP contribution in [0.2, 0.25) is 0 Å². The van der Waals surface area contributed by atoms with Crippen molar-refractivity contribution in [3.05, 3.63) is 22.4 Å². The summed E-state index contributed by atoms with van der Waals surface area (Å²) in [5.74, 6) is -0.582. The summed E-state index contributed by atoms with van der Waals surface area (Å²) in [5.41, 5.74) is 5.09. The molecule has 0 saturated heterocycles. The number of hydrogen-bond donors (Lipinski definition) is 2. The van der Waals surface area contributed by atoms with E-state index in [2.05, 4.69) is 5.32 Å². The van der Waals surface area contributed by atoms with Gasteiger partial charge in [-0.25, -0.2) is 0 Å². The van der Waals surface area contributed by atoms with Crippen LogP contribution in [-0.2, 0) is 9.59 Å². The number of carbonyl (C=O) groups is 2. The van der Waals surface area contributed by atoms with Gasteiger partial charge >= 0.3 is 0 Å². The lowest BCUT2D eigenvalue weighted by molar-refractivity contribution is -0.121. The van der Waals surface area contributed by atoms with Gasteiger partial charge in [-0.05, 0) is 11.4 Å². The van der Waals surface area contributed by atoms with Crippen molar-refractivity contribution in [1.82, 2.24) is 5.32 Å². The maximum absolute atomic E-state index is 10.9. The quantitative estimate of drug-likeness (QED) is 0.774. The summed E-state index contributed by atoms with van der Waals surface area (Å²) in [7, 11) is 0. The van der Waals surface area contributed by atoms with Crippen molar-refractivity contribution in [2.24, 2.45) is 5.73 Å². The van der Waals surface area contributed by atoms with Crippen molar-refractivity contribution in [3.8, 4) is 0 Å². The van der Waals surface area contributed by atoms with Crippen LogP contribution in [-0.4, -0.2) is 11.8 Å². The molecule has 0 saturated carbocycles. The highest BCUT2D eigenvalue weighted by Crippen LogP contribution is 2.21. The fraction of sp³-hybridized carbons (Fsp3) is 0.333.